The third-order valence-corrected chi connectivity index (χ3v) is 5.48. The monoisotopic (exact) mass is 400 g/mol. The molecule has 0 unspecified atom stereocenters. The Hall–Kier alpha value is -3.54. The van der Waals surface area contributed by atoms with Crippen LogP contribution in [0.15, 0.2) is 67.0 Å². The van der Waals surface area contributed by atoms with Gasteiger partial charge in [-0.1, -0.05) is 24.3 Å². The van der Waals surface area contributed by atoms with Crippen LogP contribution in [0.1, 0.15) is 40.4 Å². The minimum Gasteiger partial charge on any atom is -0.366 e. The molecule has 1 aliphatic rings. The Morgan fingerprint density at radius 1 is 1.10 bits per heavy atom. The lowest BCUT2D eigenvalue weighted by Crippen LogP contribution is -2.40. The fourth-order valence-electron chi connectivity index (χ4n) is 3.91. The molecule has 152 valence electrons. The van der Waals surface area contributed by atoms with Crippen LogP contribution in [-0.4, -0.2) is 39.8 Å². The molecule has 6 nitrogen and oxygen atoms in total. The predicted octanol–water partition coefficient (Wildman–Crippen LogP) is 3.19. The summed E-state index contributed by atoms with van der Waals surface area (Å²) in [7, 11) is 0. The van der Waals surface area contributed by atoms with E-state index in [-0.39, 0.29) is 11.8 Å². The lowest BCUT2D eigenvalue weighted by molar-refractivity contribution is -0.131. The number of nitrogens with zero attached hydrogens (tertiary/aromatic N) is 3. The first-order chi connectivity index (χ1) is 14.6. The number of aromatic nitrogens is 2. The molecule has 1 atom stereocenters. The summed E-state index contributed by atoms with van der Waals surface area (Å²) in [6, 6.07) is 16.9. The van der Waals surface area contributed by atoms with E-state index >= 15 is 0 Å². The minimum atomic E-state index is -0.456. The molecule has 0 spiro atoms. The highest BCUT2D eigenvalue weighted by Gasteiger charge is 2.25. The molecule has 2 N–H and O–H groups in total. The van der Waals surface area contributed by atoms with Crippen molar-refractivity contribution in [2.75, 3.05) is 13.1 Å². The molecule has 3 heterocycles. The second kappa shape index (κ2) is 8.86. The molecular formula is C24H24N4O2. The average molecular weight is 400 g/mol. The number of carbonyl (C=O) groups excluding carboxylic acids is 2. The number of nitrogens with two attached hydrogens (primary N) is 1. The molecule has 6 heteroatoms. The molecule has 0 aliphatic carbocycles. The van der Waals surface area contributed by atoms with Gasteiger partial charge >= 0.3 is 0 Å². The summed E-state index contributed by atoms with van der Waals surface area (Å²) in [4.78, 5) is 35.1. The number of primary amides is 1. The Kier molecular flexibility index (Phi) is 5.84. The molecule has 30 heavy (non-hydrogen) atoms. The first-order valence-corrected chi connectivity index (χ1v) is 10.1. The molecule has 1 aliphatic heterocycles. The van der Waals surface area contributed by atoms with Gasteiger partial charge in [-0.2, -0.15) is 0 Å². The number of pyridine rings is 2. The number of carbonyl (C=O) groups is 2. The van der Waals surface area contributed by atoms with Crippen molar-refractivity contribution >= 4 is 11.8 Å². The molecule has 1 fully saturated rings. The molecule has 4 rings (SSSR count). The summed E-state index contributed by atoms with van der Waals surface area (Å²) >= 11 is 0. The molecule has 2 amide bonds. The SMILES string of the molecule is NC(=O)c1cccc(-c2cccc([C@H]3CCCN(C(=O)Cc4cccnc4)C3)n2)c1. The van der Waals surface area contributed by atoms with Gasteiger partial charge < -0.3 is 10.6 Å². The van der Waals surface area contributed by atoms with Crippen molar-refractivity contribution in [3.05, 3.63) is 83.8 Å². The minimum absolute atomic E-state index is 0.123. The molecule has 0 radical (unpaired) electrons. The van der Waals surface area contributed by atoms with Crippen LogP contribution in [0.4, 0.5) is 0 Å². The lowest BCUT2D eigenvalue weighted by atomic mass is 9.93. The van der Waals surface area contributed by atoms with Crippen LogP contribution >= 0.6 is 0 Å². The summed E-state index contributed by atoms with van der Waals surface area (Å²) in [6.45, 7) is 1.44. The summed E-state index contributed by atoms with van der Waals surface area (Å²) in [5.74, 6) is -0.142. The number of hydrogen-bond donors (Lipinski definition) is 1. The van der Waals surface area contributed by atoms with Gasteiger partial charge in [0.25, 0.3) is 0 Å². The number of piperidine rings is 1. The van der Waals surface area contributed by atoms with Gasteiger partial charge in [0.05, 0.1) is 12.1 Å². The molecule has 0 bridgehead atoms. The third kappa shape index (κ3) is 4.54. The van der Waals surface area contributed by atoms with Crippen LogP contribution in [0.3, 0.4) is 0 Å². The Balaban J connectivity index is 1.50. The normalized spacial score (nSPS) is 16.3. The summed E-state index contributed by atoms with van der Waals surface area (Å²) < 4.78 is 0. The van der Waals surface area contributed by atoms with E-state index < -0.39 is 5.91 Å². The smallest absolute Gasteiger partial charge is 0.248 e. The van der Waals surface area contributed by atoms with E-state index in [4.69, 9.17) is 10.7 Å². The van der Waals surface area contributed by atoms with Gasteiger partial charge in [-0.25, -0.2) is 0 Å². The van der Waals surface area contributed by atoms with E-state index in [9.17, 15) is 9.59 Å². The van der Waals surface area contributed by atoms with Gasteiger partial charge in [-0.05, 0) is 48.7 Å². The largest absolute Gasteiger partial charge is 0.366 e. The van der Waals surface area contributed by atoms with E-state index in [0.29, 0.717) is 18.5 Å². The highest BCUT2D eigenvalue weighted by atomic mass is 16.2. The van der Waals surface area contributed by atoms with Crippen LogP contribution in [0, 0.1) is 0 Å². The van der Waals surface area contributed by atoms with Gasteiger partial charge in [0, 0.05) is 48.2 Å². The van der Waals surface area contributed by atoms with Crippen molar-refractivity contribution in [3.63, 3.8) is 0 Å². The Morgan fingerprint density at radius 3 is 2.77 bits per heavy atom. The Labute approximate surface area is 175 Å². The van der Waals surface area contributed by atoms with Gasteiger partial charge in [0.1, 0.15) is 0 Å². The zero-order valence-electron chi connectivity index (χ0n) is 16.7. The quantitative estimate of drug-likeness (QED) is 0.712. The number of likely N-dealkylation sites (tertiary alicyclic amines) is 1. The van der Waals surface area contributed by atoms with Crippen LogP contribution in [0.5, 0.6) is 0 Å². The van der Waals surface area contributed by atoms with E-state index in [0.717, 1.165) is 41.9 Å². The van der Waals surface area contributed by atoms with E-state index in [2.05, 4.69) is 4.98 Å². The number of rotatable bonds is 5. The number of benzene rings is 1. The summed E-state index contributed by atoms with van der Waals surface area (Å²) in [5, 5.41) is 0. The van der Waals surface area contributed by atoms with Gasteiger partial charge in [0.2, 0.25) is 11.8 Å². The summed E-state index contributed by atoms with van der Waals surface area (Å²) in [6.07, 6.45) is 5.77. The van der Waals surface area contributed by atoms with Crippen LogP contribution in [-0.2, 0) is 11.2 Å². The van der Waals surface area contributed by atoms with Crippen molar-refractivity contribution in [1.29, 1.82) is 0 Å². The highest BCUT2D eigenvalue weighted by molar-refractivity contribution is 5.94. The molecule has 1 aromatic carbocycles. The van der Waals surface area contributed by atoms with Gasteiger partial charge in [0.15, 0.2) is 0 Å². The zero-order valence-corrected chi connectivity index (χ0v) is 16.7. The molecular weight excluding hydrogens is 376 g/mol. The second-order valence-corrected chi connectivity index (χ2v) is 7.61. The third-order valence-electron chi connectivity index (χ3n) is 5.48. The molecule has 1 saturated heterocycles. The first kappa shape index (κ1) is 19.8. The van der Waals surface area contributed by atoms with Crippen molar-refractivity contribution < 1.29 is 9.59 Å². The maximum Gasteiger partial charge on any atom is 0.248 e. The average Bonchev–Trinajstić information content (AvgIpc) is 2.80. The molecule has 0 saturated carbocycles. The second-order valence-electron chi connectivity index (χ2n) is 7.61. The van der Waals surface area contributed by atoms with Crippen LogP contribution in [0.2, 0.25) is 0 Å². The highest BCUT2D eigenvalue weighted by Crippen LogP contribution is 2.28. The van der Waals surface area contributed by atoms with Crippen molar-refractivity contribution in [1.82, 2.24) is 14.9 Å². The first-order valence-electron chi connectivity index (χ1n) is 10.1. The van der Waals surface area contributed by atoms with Crippen molar-refractivity contribution in [2.45, 2.75) is 25.2 Å². The van der Waals surface area contributed by atoms with Crippen LogP contribution in [0.25, 0.3) is 11.3 Å². The number of hydrogen-bond acceptors (Lipinski definition) is 4. The van der Waals surface area contributed by atoms with Crippen molar-refractivity contribution in [3.8, 4) is 11.3 Å². The maximum absolute atomic E-state index is 12.8. The van der Waals surface area contributed by atoms with E-state index in [1.54, 1.807) is 24.5 Å². The number of amides is 2. The predicted molar refractivity (Wildman–Crippen MR) is 115 cm³/mol. The fourth-order valence-corrected chi connectivity index (χ4v) is 3.91. The van der Waals surface area contributed by atoms with E-state index in [1.807, 2.05) is 47.4 Å². The van der Waals surface area contributed by atoms with Crippen molar-refractivity contribution in [2.24, 2.45) is 5.73 Å². The summed E-state index contributed by atoms with van der Waals surface area (Å²) in [5.41, 5.74) is 9.42. The van der Waals surface area contributed by atoms with Gasteiger partial charge in [-0.15, -0.1) is 0 Å². The molecule has 3 aromatic rings. The Morgan fingerprint density at radius 2 is 1.97 bits per heavy atom. The topological polar surface area (TPSA) is 89.2 Å². The fraction of sp³-hybridized carbons (Fsp3) is 0.250. The zero-order chi connectivity index (χ0) is 20.9. The molecule has 2 aromatic heterocycles. The lowest BCUT2D eigenvalue weighted by Gasteiger charge is -2.32. The van der Waals surface area contributed by atoms with E-state index in [1.165, 1.54) is 0 Å². The standard InChI is InChI=1S/C24H24N4O2/c25-24(30)19-7-1-6-18(14-19)21-9-2-10-22(27-21)20-8-4-12-28(16-20)23(29)13-17-5-3-11-26-15-17/h1-3,5-7,9-11,14-15,20H,4,8,12-13,16H2,(H2,25,30)/t20-/m0/s1. The van der Waals surface area contributed by atoms with Crippen LogP contribution < -0.4 is 5.73 Å². The maximum atomic E-state index is 12.8. The van der Waals surface area contributed by atoms with Gasteiger partial charge in [-0.3, -0.25) is 19.6 Å². The Bertz CT molecular complexity index is 1050.